The monoisotopic (exact) mass is 204 g/mol. The Morgan fingerprint density at radius 1 is 1.20 bits per heavy atom. The van der Waals surface area contributed by atoms with Gasteiger partial charge in [0.15, 0.2) is 0 Å². The van der Waals surface area contributed by atoms with Crippen LogP contribution in [-0.4, -0.2) is 11.8 Å². The number of carbonyl (C=O) groups excluding carboxylic acids is 2. The summed E-state index contributed by atoms with van der Waals surface area (Å²) >= 11 is 0. The summed E-state index contributed by atoms with van der Waals surface area (Å²) in [5.41, 5.74) is 0.898. The zero-order chi connectivity index (χ0) is 10.7. The summed E-state index contributed by atoms with van der Waals surface area (Å²) in [4.78, 5) is 22.5. The molecule has 2 rings (SSSR count). The molecule has 1 aliphatic rings. The van der Waals surface area contributed by atoms with Gasteiger partial charge in [0.1, 0.15) is 6.61 Å². The van der Waals surface area contributed by atoms with Crippen molar-refractivity contribution in [1.82, 2.24) is 0 Å². The second-order valence-electron chi connectivity index (χ2n) is 3.70. The molecule has 0 atom stereocenters. The molecule has 0 radical (unpaired) electrons. The molecule has 1 aromatic carbocycles. The first-order valence-electron chi connectivity index (χ1n) is 5.02. The number of Topliss-reactive ketones (excluding diaryl/α,β-unsaturated/α-hetero) is 1. The van der Waals surface area contributed by atoms with Crippen LogP contribution in [0.1, 0.15) is 18.4 Å². The molecule has 0 saturated heterocycles. The maximum atomic E-state index is 11.3. The van der Waals surface area contributed by atoms with E-state index in [0.29, 0.717) is 0 Å². The van der Waals surface area contributed by atoms with Crippen molar-refractivity contribution < 1.29 is 14.3 Å². The number of esters is 1. The first kappa shape index (κ1) is 9.90. The molecule has 0 N–H and O–H groups in total. The Hall–Kier alpha value is -1.64. The Labute approximate surface area is 88.1 Å². The van der Waals surface area contributed by atoms with E-state index in [9.17, 15) is 9.59 Å². The minimum absolute atomic E-state index is 0.0618. The van der Waals surface area contributed by atoms with Crippen LogP contribution in [0.15, 0.2) is 30.3 Å². The molecule has 3 heteroatoms. The highest BCUT2D eigenvalue weighted by Gasteiger charge is 2.35. The molecule has 15 heavy (non-hydrogen) atoms. The van der Waals surface area contributed by atoms with Gasteiger partial charge >= 0.3 is 5.97 Å². The molecule has 78 valence electrons. The lowest BCUT2D eigenvalue weighted by Crippen LogP contribution is -2.18. The summed E-state index contributed by atoms with van der Waals surface area (Å²) < 4.78 is 4.90. The number of benzene rings is 1. The molecule has 0 amide bonds. The molecule has 0 heterocycles. The standard InChI is InChI=1S/C12H12O3/c13-11(10-6-7-10)12(14)15-8-9-4-2-1-3-5-9/h1-5,10H,6-8H2. The first-order chi connectivity index (χ1) is 7.27. The summed E-state index contributed by atoms with van der Waals surface area (Å²) in [6.07, 6.45) is 1.67. The summed E-state index contributed by atoms with van der Waals surface area (Å²) in [7, 11) is 0. The lowest BCUT2D eigenvalue weighted by molar-refractivity contribution is -0.155. The van der Waals surface area contributed by atoms with Gasteiger partial charge in [0.2, 0.25) is 5.78 Å². The molecule has 0 aromatic heterocycles. The van der Waals surface area contributed by atoms with E-state index < -0.39 is 5.97 Å². The van der Waals surface area contributed by atoms with Crippen LogP contribution >= 0.6 is 0 Å². The van der Waals surface area contributed by atoms with Gasteiger partial charge in [0, 0.05) is 5.92 Å². The zero-order valence-electron chi connectivity index (χ0n) is 8.31. The van der Waals surface area contributed by atoms with Crippen LogP contribution < -0.4 is 0 Å². The summed E-state index contributed by atoms with van der Waals surface area (Å²) in [5.74, 6) is -1.12. The number of carbonyl (C=O) groups is 2. The number of hydrogen-bond acceptors (Lipinski definition) is 3. The van der Waals surface area contributed by atoms with Crippen LogP contribution in [0, 0.1) is 5.92 Å². The van der Waals surface area contributed by atoms with Crippen molar-refractivity contribution in [1.29, 1.82) is 0 Å². The maximum absolute atomic E-state index is 11.3. The fourth-order valence-electron chi connectivity index (χ4n) is 1.31. The van der Waals surface area contributed by atoms with Crippen molar-refractivity contribution in [2.75, 3.05) is 0 Å². The van der Waals surface area contributed by atoms with Crippen LogP contribution in [0.25, 0.3) is 0 Å². The van der Waals surface area contributed by atoms with Crippen molar-refractivity contribution in [3.63, 3.8) is 0 Å². The van der Waals surface area contributed by atoms with Crippen molar-refractivity contribution in [3.8, 4) is 0 Å². The zero-order valence-corrected chi connectivity index (χ0v) is 8.31. The van der Waals surface area contributed by atoms with Gasteiger partial charge in [-0.3, -0.25) is 4.79 Å². The Morgan fingerprint density at radius 2 is 1.87 bits per heavy atom. The van der Waals surface area contributed by atoms with Crippen LogP contribution in [0.2, 0.25) is 0 Å². The number of hydrogen-bond donors (Lipinski definition) is 0. The third kappa shape index (κ3) is 2.65. The van der Waals surface area contributed by atoms with Gasteiger partial charge in [0.05, 0.1) is 0 Å². The van der Waals surface area contributed by atoms with E-state index >= 15 is 0 Å². The van der Waals surface area contributed by atoms with E-state index in [0.717, 1.165) is 18.4 Å². The average Bonchev–Trinajstić information content (AvgIpc) is 3.10. The van der Waals surface area contributed by atoms with E-state index in [1.54, 1.807) is 0 Å². The summed E-state index contributed by atoms with van der Waals surface area (Å²) in [5, 5.41) is 0. The smallest absolute Gasteiger partial charge is 0.375 e. The van der Waals surface area contributed by atoms with Crippen molar-refractivity contribution in [3.05, 3.63) is 35.9 Å². The molecule has 3 nitrogen and oxygen atoms in total. The Morgan fingerprint density at radius 3 is 2.47 bits per heavy atom. The molecule has 0 spiro atoms. The van der Waals surface area contributed by atoms with Gasteiger partial charge in [-0.1, -0.05) is 30.3 Å². The largest absolute Gasteiger partial charge is 0.455 e. The molecule has 0 aliphatic heterocycles. The minimum Gasteiger partial charge on any atom is -0.455 e. The summed E-state index contributed by atoms with van der Waals surface area (Å²) in [6, 6.07) is 9.34. The average molecular weight is 204 g/mol. The van der Waals surface area contributed by atoms with Crippen molar-refractivity contribution in [2.24, 2.45) is 5.92 Å². The normalized spacial score (nSPS) is 14.7. The third-order valence-corrected chi connectivity index (χ3v) is 2.36. The maximum Gasteiger partial charge on any atom is 0.375 e. The van der Waals surface area contributed by atoms with E-state index in [-0.39, 0.29) is 18.3 Å². The second kappa shape index (κ2) is 4.26. The van der Waals surface area contributed by atoms with Gasteiger partial charge < -0.3 is 4.74 Å². The molecule has 1 aromatic rings. The van der Waals surface area contributed by atoms with Gasteiger partial charge in [-0.2, -0.15) is 0 Å². The van der Waals surface area contributed by atoms with Gasteiger partial charge in [-0.15, -0.1) is 0 Å². The minimum atomic E-state index is -0.693. The van der Waals surface area contributed by atoms with Crippen LogP contribution in [0.5, 0.6) is 0 Å². The summed E-state index contributed by atoms with van der Waals surface area (Å²) in [6.45, 7) is 0.179. The van der Waals surface area contributed by atoms with Gasteiger partial charge in [0.25, 0.3) is 0 Å². The van der Waals surface area contributed by atoms with Crippen molar-refractivity contribution in [2.45, 2.75) is 19.4 Å². The van der Waals surface area contributed by atoms with Gasteiger partial charge in [-0.05, 0) is 18.4 Å². The van der Waals surface area contributed by atoms with E-state index in [1.807, 2.05) is 30.3 Å². The number of ether oxygens (including phenoxy) is 1. The predicted octanol–water partition coefficient (Wildman–Crippen LogP) is 1.71. The highest BCUT2D eigenvalue weighted by atomic mass is 16.5. The first-order valence-corrected chi connectivity index (χ1v) is 5.02. The van der Waals surface area contributed by atoms with Crippen LogP contribution in [-0.2, 0) is 20.9 Å². The van der Waals surface area contributed by atoms with E-state index in [4.69, 9.17) is 4.74 Å². The lowest BCUT2D eigenvalue weighted by Gasteiger charge is -2.02. The lowest BCUT2D eigenvalue weighted by atomic mass is 10.2. The highest BCUT2D eigenvalue weighted by molar-refractivity contribution is 6.35. The Kier molecular flexibility index (Phi) is 2.81. The number of ketones is 1. The van der Waals surface area contributed by atoms with E-state index in [1.165, 1.54) is 0 Å². The molecule has 0 unspecified atom stereocenters. The number of rotatable bonds is 4. The quantitative estimate of drug-likeness (QED) is 0.554. The molecule has 0 bridgehead atoms. The fourth-order valence-corrected chi connectivity index (χ4v) is 1.31. The predicted molar refractivity (Wildman–Crippen MR) is 54.0 cm³/mol. The topological polar surface area (TPSA) is 43.4 Å². The molecule has 1 fully saturated rings. The third-order valence-electron chi connectivity index (χ3n) is 2.36. The van der Waals surface area contributed by atoms with Crippen LogP contribution in [0.4, 0.5) is 0 Å². The van der Waals surface area contributed by atoms with Gasteiger partial charge in [-0.25, -0.2) is 4.79 Å². The molecular formula is C12H12O3. The van der Waals surface area contributed by atoms with E-state index in [2.05, 4.69) is 0 Å². The molecule has 1 saturated carbocycles. The molecule has 1 aliphatic carbocycles. The van der Waals surface area contributed by atoms with Crippen LogP contribution in [0.3, 0.4) is 0 Å². The second-order valence-corrected chi connectivity index (χ2v) is 3.70. The highest BCUT2D eigenvalue weighted by Crippen LogP contribution is 2.30. The Balaban J connectivity index is 1.83. The fraction of sp³-hybridized carbons (Fsp3) is 0.333. The Bertz CT molecular complexity index is 366. The molecular weight excluding hydrogens is 192 g/mol. The SMILES string of the molecule is O=C(OCc1ccccc1)C(=O)C1CC1. The van der Waals surface area contributed by atoms with Crippen molar-refractivity contribution >= 4 is 11.8 Å².